The van der Waals surface area contributed by atoms with Gasteiger partial charge in [0, 0.05) is 29.9 Å². The quantitative estimate of drug-likeness (QED) is 0.774. The highest BCUT2D eigenvalue weighted by Gasteiger charge is 2.30. The number of pyridine rings is 2. The summed E-state index contributed by atoms with van der Waals surface area (Å²) < 4.78 is 10.6. The molecule has 0 atom stereocenters. The lowest BCUT2D eigenvalue weighted by Crippen LogP contribution is -2.24. The van der Waals surface area contributed by atoms with Crippen molar-refractivity contribution in [2.45, 2.75) is 12.8 Å². The van der Waals surface area contributed by atoms with Gasteiger partial charge < -0.3 is 9.47 Å². The van der Waals surface area contributed by atoms with Crippen molar-refractivity contribution < 1.29 is 9.47 Å². The van der Waals surface area contributed by atoms with Crippen LogP contribution < -0.4 is 9.47 Å². The van der Waals surface area contributed by atoms with Gasteiger partial charge in [-0.2, -0.15) is 0 Å². The fourth-order valence-electron chi connectivity index (χ4n) is 3.73. The number of rotatable bonds is 6. The lowest BCUT2D eigenvalue weighted by molar-refractivity contribution is 0.394. The summed E-state index contributed by atoms with van der Waals surface area (Å²) in [4.78, 5) is 8.47. The van der Waals surface area contributed by atoms with Crippen LogP contribution in [0.25, 0.3) is 0 Å². The van der Waals surface area contributed by atoms with E-state index >= 15 is 0 Å². The SMILES string of the molecule is COc1cc(CC2(Cc3ccnc(OC)c3)C=CC3=CC=CC3=C2)ccn1. The summed E-state index contributed by atoms with van der Waals surface area (Å²) in [5.41, 5.74) is 4.79. The molecule has 2 aliphatic rings. The molecule has 0 N–H and O–H groups in total. The minimum absolute atomic E-state index is 0.139. The van der Waals surface area contributed by atoms with Gasteiger partial charge in [-0.25, -0.2) is 9.97 Å². The highest BCUT2D eigenvalue weighted by molar-refractivity contribution is 5.58. The first kappa shape index (κ1) is 17.3. The van der Waals surface area contributed by atoms with Crippen molar-refractivity contribution in [1.29, 1.82) is 0 Å². The van der Waals surface area contributed by atoms with Crippen molar-refractivity contribution in [3.05, 3.63) is 95.4 Å². The molecule has 2 heterocycles. The van der Waals surface area contributed by atoms with Crippen LogP contribution in [0.5, 0.6) is 11.8 Å². The van der Waals surface area contributed by atoms with Gasteiger partial charge in [-0.05, 0) is 47.2 Å². The summed E-state index contributed by atoms with van der Waals surface area (Å²) in [5.74, 6) is 1.28. The minimum Gasteiger partial charge on any atom is -0.481 e. The van der Waals surface area contributed by atoms with Crippen molar-refractivity contribution in [2.75, 3.05) is 14.2 Å². The lowest BCUT2D eigenvalue weighted by atomic mass is 9.72. The molecule has 27 heavy (non-hydrogen) atoms. The summed E-state index contributed by atoms with van der Waals surface area (Å²) in [7, 11) is 3.29. The van der Waals surface area contributed by atoms with Crippen LogP contribution in [0.3, 0.4) is 0 Å². The Balaban J connectivity index is 1.71. The number of ether oxygens (including phenoxy) is 2. The molecule has 0 bridgehead atoms. The zero-order valence-corrected chi connectivity index (χ0v) is 15.6. The molecule has 2 aromatic rings. The van der Waals surface area contributed by atoms with E-state index in [9.17, 15) is 0 Å². The molecule has 0 fully saturated rings. The van der Waals surface area contributed by atoms with Crippen molar-refractivity contribution in [3.63, 3.8) is 0 Å². The van der Waals surface area contributed by atoms with Gasteiger partial charge in [0.15, 0.2) is 0 Å². The van der Waals surface area contributed by atoms with Crippen molar-refractivity contribution in [3.8, 4) is 11.8 Å². The molecule has 0 amide bonds. The number of hydrogen-bond donors (Lipinski definition) is 0. The maximum absolute atomic E-state index is 5.31. The molecule has 0 radical (unpaired) electrons. The van der Waals surface area contributed by atoms with Crippen molar-refractivity contribution >= 4 is 0 Å². The third-order valence-corrected chi connectivity index (χ3v) is 5.01. The molecule has 2 aromatic heterocycles. The van der Waals surface area contributed by atoms with E-state index in [-0.39, 0.29) is 5.41 Å². The fourth-order valence-corrected chi connectivity index (χ4v) is 3.73. The number of aromatic nitrogens is 2. The van der Waals surface area contributed by atoms with Gasteiger partial charge in [0.2, 0.25) is 11.8 Å². The van der Waals surface area contributed by atoms with Gasteiger partial charge in [-0.1, -0.05) is 36.5 Å². The molecular formula is C23H22N2O2. The Kier molecular flexibility index (Phi) is 4.63. The molecule has 0 unspecified atom stereocenters. The molecule has 4 rings (SSSR count). The second-order valence-corrected chi connectivity index (χ2v) is 6.91. The minimum atomic E-state index is -0.139. The first-order chi connectivity index (χ1) is 13.2. The van der Waals surface area contributed by atoms with Crippen LogP contribution in [-0.2, 0) is 12.8 Å². The Hall–Kier alpha value is -3.14. The molecule has 4 nitrogen and oxygen atoms in total. The van der Waals surface area contributed by atoms with E-state index < -0.39 is 0 Å². The molecule has 4 heteroatoms. The summed E-state index contributed by atoms with van der Waals surface area (Å²) >= 11 is 0. The second-order valence-electron chi connectivity index (χ2n) is 6.91. The van der Waals surface area contributed by atoms with Crippen LogP contribution >= 0.6 is 0 Å². The zero-order valence-electron chi connectivity index (χ0n) is 15.6. The highest BCUT2D eigenvalue weighted by Crippen LogP contribution is 2.40. The topological polar surface area (TPSA) is 44.2 Å². The molecule has 0 aliphatic heterocycles. The van der Waals surface area contributed by atoms with Crippen LogP contribution in [0.2, 0.25) is 0 Å². The Bertz CT molecular complexity index is 920. The molecule has 0 aromatic carbocycles. The van der Waals surface area contributed by atoms with Crippen molar-refractivity contribution in [2.24, 2.45) is 5.41 Å². The lowest BCUT2D eigenvalue weighted by Gasteiger charge is -2.31. The van der Waals surface area contributed by atoms with Crippen LogP contribution in [0, 0.1) is 5.41 Å². The van der Waals surface area contributed by atoms with E-state index in [1.54, 1.807) is 26.6 Å². The number of hydrogen-bond acceptors (Lipinski definition) is 4. The van der Waals surface area contributed by atoms with E-state index in [4.69, 9.17) is 9.47 Å². The smallest absolute Gasteiger partial charge is 0.213 e. The van der Waals surface area contributed by atoms with Gasteiger partial charge in [0.1, 0.15) is 0 Å². The zero-order chi connectivity index (χ0) is 18.7. The normalized spacial score (nSPS) is 16.5. The Labute approximate surface area is 159 Å². The largest absolute Gasteiger partial charge is 0.481 e. The second kappa shape index (κ2) is 7.23. The third kappa shape index (κ3) is 3.70. The number of fused-ring (bicyclic) bond motifs is 1. The molecule has 0 saturated heterocycles. The molecule has 0 spiro atoms. The molecule has 2 aliphatic carbocycles. The Morgan fingerprint density at radius 2 is 1.48 bits per heavy atom. The molecular weight excluding hydrogens is 336 g/mol. The average Bonchev–Trinajstić information content (AvgIpc) is 3.15. The van der Waals surface area contributed by atoms with E-state index in [0.29, 0.717) is 11.8 Å². The van der Waals surface area contributed by atoms with E-state index in [0.717, 1.165) is 12.8 Å². The Morgan fingerprint density at radius 1 is 0.852 bits per heavy atom. The maximum atomic E-state index is 5.31. The standard InChI is InChI=1S/C23H22N2O2/c1-26-21-12-17(7-10-24-21)14-23(9-6-19-4-3-5-20(19)16-23)15-18-8-11-25-22(13-18)27-2/h3-13,16H,14-15H2,1-2H3. The summed E-state index contributed by atoms with van der Waals surface area (Å²) in [5, 5.41) is 0. The predicted molar refractivity (Wildman–Crippen MR) is 106 cm³/mol. The van der Waals surface area contributed by atoms with Gasteiger partial charge >= 0.3 is 0 Å². The number of allylic oxidation sites excluding steroid dienone is 8. The maximum Gasteiger partial charge on any atom is 0.213 e. The summed E-state index contributed by atoms with van der Waals surface area (Å²) in [6, 6.07) is 8.13. The van der Waals surface area contributed by atoms with Crippen LogP contribution in [0.4, 0.5) is 0 Å². The summed E-state index contributed by atoms with van der Waals surface area (Å²) in [6.07, 6.45) is 18.7. The first-order valence-electron chi connectivity index (χ1n) is 8.98. The molecule has 0 saturated carbocycles. The van der Waals surface area contributed by atoms with Gasteiger partial charge in [-0.3, -0.25) is 0 Å². The van der Waals surface area contributed by atoms with E-state index in [1.807, 2.05) is 12.1 Å². The predicted octanol–water partition coefficient (Wildman–Crippen LogP) is 4.26. The number of nitrogens with zero attached hydrogens (tertiary/aromatic N) is 2. The molecule has 136 valence electrons. The highest BCUT2D eigenvalue weighted by atomic mass is 16.5. The van der Waals surface area contributed by atoms with Gasteiger partial charge in [0.05, 0.1) is 14.2 Å². The van der Waals surface area contributed by atoms with Crippen molar-refractivity contribution in [1.82, 2.24) is 9.97 Å². The first-order valence-corrected chi connectivity index (χ1v) is 8.98. The van der Waals surface area contributed by atoms with Crippen LogP contribution in [0.15, 0.2) is 84.3 Å². The van der Waals surface area contributed by atoms with Crippen LogP contribution in [0.1, 0.15) is 11.1 Å². The number of methoxy groups -OCH3 is 2. The summed E-state index contributed by atoms with van der Waals surface area (Å²) in [6.45, 7) is 0. The fraction of sp³-hybridized carbons (Fsp3) is 0.217. The third-order valence-electron chi connectivity index (χ3n) is 5.01. The Morgan fingerprint density at radius 3 is 2.07 bits per heavy atom. The van der Waals surface area contributed by atoms with Crippen LogP contribution in [-0.4, -0.2) is 24.2 Å². The van der Waals surface area contributed by atoms with Gasteiger partial charge in [0.25, 0.3) is 0 Å². The van der Waals surface area contributed by atoms with E-state index in [1.165, 1.54) is 22.3 Å². The van der Waals surface area contributed by atoms with Gasteiger partial charge in [-0.15, -0.1) is 0 Å². The monoisotopic (exact) mass is 358 g/mol. The van der Waals surface area contributed by atoms with E-state index in [2.05, 4.69) is 58.6 Å². The average molecular weight is 358 g/mol.